The lowest BCUT2D eigenvalue weighted by molar-refractivity contribution is 0.0470. The van der Waals surface area contributed by atoms with Gasteiger partial charge in [0.15, 0.2) is 12.4 Å². The van der Waals surface area contributed by atoms with Crippen LogP contribution in [-0.4, -0.2) is 18.4 Å². The zero-order valence-corrected chi connectivity index (χ0v) is 12.2. The van der Waals surface area contributed by atoms with Crippen molar-refractivity contribution < 1.29 is 18.7 Å². The van der Waals surface area contributed by atoms with Crippen LogP contribution in [0, 0.1) is 5.82 Å². The molecule has 3 rings (SSSR count). The molecule has 0 spiro atoms. The van der Waals surface area contributed by atoms with Crippen molar-refractivity contribution >= 4 is 22.5 Å². The minimum Gasteiger partial charge on any atom is -0.454 e. The summed E-state index contributed by atoms with van der Waals surface area (Å²) in [5.74, 6) is -1.85. The molecule has 3 aromatic rings. The summed E-state index contributed by atoms with van der Waals surface area (Å²) in [5, 5.41) is 1.95. The molecule has 23 heavy (non-hydrogen) atoms. The molecule has 0 bridgehead atoms. The van der Waals surface area contributed by atoms with Gasteiger partial charge in [-0.3, -0.25) is 4.79 Å². The van der Waals surface area contributed by atoms with Gasteiger partial charge in [-0.05, 0) is 29.0 Å². The van der Waals surface area contributed by atoms with Crippen LogP contribution < -0.4 is 0 Å². The zero-order chi connectivity index (χ0) is 16.2. The van der Waals surface area contributed by atoms with Gasteiger partial charge in [0.05, 0.1) is 5.56 Å². The van der Waals surface area contributed by atoms with Crippen LogP contribution in [0.2, 0.25) is 0 Å². The van der Waals surface area contributed by atoms with Crippen LogP contribution in [0.25, 0.3) is 10.8 Å². The maximum atomic E-state index is 13.5. The molecule has 0 saturated carbocycles. The second-order valence-corrected chi connectivity index (χ2v) is 5.04. The minimum absolute atomic E-state index is 0.182. The molecule has 0 fully saturated rings. The maximum Gasteiger partial charge on any atom is 0.341 e. The number of ether oxygens (including phenoxy) is 1. The van der Waals surface area contributed by atoms with Gasteiger partial charge in [0, 0.05) is 5.56 Å². The summed E-state index contributed by atoms with van der Waals surface area (Å²) in [4.78, 5) is 23.9. The van der Waals surface area contributed by atoms with Crippen LogP contribution in [0.5, 0.6) is 0 Å². The predicted molar refractivity (Wildman–Crippen MR) is 85.0 cm³/mol. The highest BCUT2D eigenvalue weighted by atomic mass is 19.1. The number of benzene rings is 3. The number of halogens is 1. The Kier molecular flexibility index (Phi) is 4.15. The van der Waals surface area contributed by atoms with Crippen molar-refractivity contribution in [3.63, 3.8) is 0 Å². The molecule has 0 amide bonds. The van der Waals surface area contributed by atoms with E-state index in [0.717, 1.165) is 10.8 Å². The summed E-state index contributed by atoms with van der Waals surface area (Å²) < 4.78 is 18.4. The van der Waals surface area contributed by atoms with Crippen molar-refractivity contribution in [2.75, 3.05) is 6.61 Å². The molecular formula is C19H13FO3. The van der Waals surface area contributed by atoms with E-state index in [-0.39, 0.29) is 11.3 Å². The van der Waals surface area contributed by atoms with Crippen LogP contribution in [0.1, 0.15) is 20.7 Å². The fraction of sp³-hybridized carbons (Fsp3) is 0.0526. The van der Waals surface area contributed by atoms with E-state index in [4.69, 9.17) is 4.74 Å². The molecule has 3 aromatic carbocycles. The summed E-state index contributed by atoms with van der Waals surface area (Å²) in [5.41, 5.74) is 0.267. The first-order valence-corrected chi connectivity index (χ1v) is 7.09. The minimum atomic E-state index is -0.850. The number of fused-ring (bicyclic) bond motifs is 1. The summed E-state index contributed by atoms with van der Waals surface area (Å²) >= 11 is 0. The summed E-state index contributed by atoms with van der Waals surface area (Å²) in [6.07, 6.45) is 0. The van der Waals surface area contributed by atoms with Crippen molar-refractivity contribution in [1.82, 2.24) is 0 Å². The smallest absolute Gasteiger partial charge is 0.341 e. The van der Waals surface area contributed by atoms with Gasteiger partial charge in [-0.25, -0.2) is 9.18 Å². The van der Waals surface area contributed by atoms with E-state index in [1.54, 1.807) is 12.1 Å². The molecule has 0 aromatic heterocycles. The number of hydrogen-bond donors (Lipinski definition) is 0. The highest BCUT2D eigenvalue weighted by Gasteiger charge is 2.15. The Bertz CT molecular complexity index is 886. The van der Waals surface area contributed by atoms with E-state index in [1.807, 2.05) is 30.3 Å². The second kappa shape index (κ2) is 6.40. The Morgan fingerprint density at radius 1 is 0.870 bits per heavy atom. The highest BCUT2D eigenvalue weighted by Crippen LogP contribution is 2.16. The van der Waals surface area contributed by atoms with Gasteiger partial charge < -0.3 is 4.74 Å². The van der Waals surface area contributed by atoms with E-state index >= 15 is 0 Å². The van der Waals surface area contributed by atoms with Gasteiger partial charge in [0.25, 0.3) is 0 Å². The molecule has 0 saturated heterocycles. The molecule has 3 nitrogen and oxygen atoms in total. The van der Waals surface area contributed by atoms with Crippen LogP contribution in [0.4, 0.5) is 4.39 Å². The van der Waals surface area contributed by atoms with Crippen LogP contribution in [0.15, 0.2) is 66.7 Å². The Balaban J connectivity index is 1.71. The van der Waals surface area contributed by atoms with Crippen LogP contribution >= 0.6 is 0 Å². The number of Topliss-reactive ketones (excluding diaryl/α,β-unsaturated/α-hetero) is 1. The molecule has 0 aliphatic carbocycles. The Hall–Kier alpha value is -3.01. The average Bonchev–Trinajstić information content (AvgIpc) is 2.59. The Morgan fingerprint density at radius 2 is 1.57 bits per heavy atom. The number of carbonyl (C=O) groups excluding carboxylic acids is 2. The Labute approximate surface area is 132 Å². The van der Waals surface area contributed by atoms with Gasteiger partial charge in [0.1, 0.15) is 5.82 Å². The Morgan fingerprint density at radius 3 is 2.35 bits per heavy atom. The molecule has 4 heteroatoms. The number of carbonyl (C=O) groups is 2. The molecule has 0 aliphatic heterocycles. The third-order valence-electron chi connectivity index (χ3n) is 3.50. The number of hydrogen-bond acceptors (Lipinski definition) is 3. The summed E-state index contributed by atoms with van der Waals surface area (Å²) in [6, 6.07) is 18.4. The summed E-state index contributed by atoms with van der Waals surface area (Å²) in [6.45, 7) is -0.425. The third-order valence-corrected chi connectivity index (χ3v) is 3.50. The van der Waals surface area contributed by atoms with Crippen molar-refractivity contribution in [2.45, 2.75) is 0 Å². The maximum absolute atomic E-state index is 13.5. The molecule has 0 atom stereocenters. The first kappa shape index (κ1) is 14.9. The van der Waals surface area contributed by atoms with Crippen molar-refractivity contribution in [1.29, 1.82) is 0 Å². The quantitative estimate of drug-likeness (QED) is 0.540. The highest BCUT2D eigenvalue weighted by molar-refractivity contribution is 6.02. The van der Waals surface area contributed by atoms with Gasteiger partial charge in [-0.1, -0.05) is 48.5 Å². The van der Waals surface area contributed by atoms with Crippen LogP contribution in [0.3, 0.4) is 0 Å². The summed E-state index contributed by atoms with van der Waals surface area (Å²) in [7, 11) is 0. The normalized spacial score (nSPS) is 10.5. The third kappa shape index (κ3) is 3.26. The number of rotatable bonds is 4. The van der Waals surface area contributed by atoms with Crippen molar-refractivity contribution in [3.8, 4) is 0 Å². The lowest BCUT2D eigenvalue weighted by Gasteiger charge is -2.06. The predicted octanol–water partition coefficient (Wildman–Crippen LogP) is 4.02. The molecule has 0 heterocycles. The van der Waals surface area contributed by atoms with E-state index in [2.05, 4.69) is 0 Å². The van der Waals surface area contributed by atoms with Crippen molar-refractivity contribution in [3.05, 3.63) is 83.7 Å². The lowest BCUT2D eigenvalue weighted by atomic mass is 10.0. The fourth-order valence-corrected chi connectivity index (χ4v) is 2.28. The van der Waals surface area contributed by atoms with E-state index < -0.39 is 18.4 Å². The lowest BCUT2D eigenvalue weighted by Crippen LogP contribution is -2.15. The SMILES string of the molecule is O=C(COC(=O)c1ccccc1F)c1ccc2ccccc2c1. The number of ketones is 1. The number of esters is 1. The molecule has 0 radical (unpaired) electrons. The molecule has 114 valence electrons. The second-order valence-electron chi connectivity index (χ2n) is 5.04. The molecule has 0 aliphatic rings. The average molecular weight is 308 g/mol. The molecular weight excluding hydrogens is 295 g/mol. The van der Waals surface area contributed by atoms with Crippen LogP contribution in [-0.2, 0) is 4.74 Å². The standard InChI is InChI=1S/C19H13FO3/c20-17-8-4-3-7-16(17)19(22)23-12-18(21)15-10-9-13-5-1-2-6-14(13)11-15/h1-11H,12H2. The topological polar surface area (TPSA) is 43.4 Å². The molecule has 0 unspecified atom stereocenters. The first-order chi connectivity index (χ1) is 11.1. The van der Waals surface area contributed by atoms with Gasteiger partial charge >= 0.3 is 5.97 Å². The van der Waals surface area contributed by atoms with E-state index in [9.17, 15) is 14.0 Å². The zero-order valence-electron chi connectivity index (χ0n) is 12.2. The first-order valence-electron chi connectivity index (χ1n) is 7.09. The fourth-order valence-electron chi connectivity index (χ4n) is 2.28. The van der Waals surface area contributed by atoms with Gasteiger partial charge in [-0.2, -0.15) is 0 Å². The van der Waals surface area contributed by atoms with E-state index in [0.29, 0.717) is 5.56 Å². The van der Waals surface area contributed by atoms with Gasteiger partial charge in [0.2, 0.25) is 0 Å². The van der Waals surface area contributed by atoms with Crippen molar-refractivity contribution in [2.24, 2.45) is 0 Å². The van der Waals surface area contributed by atoms with E-state index in [1.165, 1.54) is 24.3 Å². The van der Waals surface area contributed by atoms with Gasteiger partial charge in [-0.15, -0.1) is 0 Å². The monoisotopic (exact) mass is 308 g/mol. The molecule has 0 N–H and O–H groups in total. The largest absolute Gasteiger partial charge is 0.454 e.